The van der Waals surface area contributed by atoms with Crippen LogP contribution in [0.2, 0.25) is 0 Å². The van der Waals surface area contributed by atoms with E-state index in [2.05, 4.69) is 6.92 Å². The van der Waals surface area contributed by atoms with Gasteiger partial charge in [0.2, 0.25) is 0 Å². The second-order valence-corrected chi connectivity index (χ2v) is 9.11. The van der Waals surface area contributed by atoms with Gasteiger partial charge in [0.25, 0.3) is 0 Å². The number of hydrogen-bond acceptors (Lipinski definition) is 4. The Morgan fingerprint density at radius 2 is 1.19 bits per heavy atom. The summed E-state index contributed by atoms with van der Waals surface area (Å²) < 4.78 is 11.7. The summed E-state index contributed by atoms with van der Waals surface area (Å²) in [4.78, 5) is 0. The minimum absolute atomic E-state index is 0.565. The molecule has 0 radical (unpaired) electrons. The fourth-order valence-electron chi connectivity index (χ4n) is 3.04. The zero-order valence-electron chi connectivity index (χ0n) is 16.9. The van der Waals surface area contributed by atoms with Crippen LogP contribution < -0.4 is 0 Å². The number of aliphatic hydroxyl groups excluding tert-OH is 3. The van der Waals surface area contributed by atoms with Gasteiger partial charge in [0.15, 0.2) is 0 Å². The molecule has 0 amide bonds. The Morgan fingerprint density at radius 1 is 0.769 bits per heavy atom. The van der Waals surface area contributed by atoms with Crippen molar-refractivity contribution in [3.05, 3.63) is 11.9 Å². The smallest absolute Gasteiger partial charge is 0.136 e. The molecule has 0 bridgehead atoms. The van der Waals surface area contributed by atoms with Gasteiger partial charge in [-0.3, -0.25) is 0 Å². The van der Waals surface area contributed by atoms with Gasteiger partial charge in [0.05, 0.1) is 6.61 Å². The monoisotopic (exact) mass is 390 g/mol. The number of rotatable bonds is 19. The van der Waals surface area contributed by atoms with E-state index in [1.807, 2.05) is 6.08 Å². The van der Waals surface area contributed by atoms with Crippen LogP contribution in [0.3, 0.4) is 0 Å². The molecule has 0 heterocycles. The van der Waals surface area contributed by atoms with E-state index in [-0.39, 0.29) is 0 Å². The third-order valence-corrected chi connectivity index (χ3v) is 6.38. The number of hydrogen-bond donors (Lipinski definition) is 3. The second kappa shape index (κ2) is 19.6. The maximum absolute atomic E-state index is 11.7. The van der Waals surface area contributed by atoms with Gasteiger partial charge in [0.1, 0.15) is 19.8 Å². The summed E-state index contributed by atoms with van der Waals surface area (Å²) in [6, 6.07) is 0. The summed E-state index contributed by atoms with van der Waals surface area (Å²) in [5.41, 5.74) is 0. The summed E-state index contributed by atoms with van der Waals surface area (Å²) in [7, 11) is -2.38. The summed E-state index contributed by atoms with van der Waals surface area (Å²) >= 11 is 0. The van der Waals surface area contributed by atoms with Crippen LogP contribution in [0.15, 0.2) is 11.9 Å². The van der Waals surface area contributed by atoms with Gasteiger partial charge in [-0.2, -0.15) is 0 Å². The molecule has 0 rings (SSSR count). The van der Waals surface area contributed by atoms with Crippen molar-refractivity contribution in [3.8, 4) is 0 Å². The first-order chi connectivity index (χ1) is 12.6. The number of allylic oxidation sites excluding steroid dienone is 1. The molecule has 0 aliphatic heterocycles. The van der Waals surface area contributed by atoms with E-state index in [9.17, 15) is 14.8 Å². The first-order valence-corrected chi connectivity index (χ1v) is 12.4. The lowest BCUT2D eigenvalue weighted by molar-refractivity contribution is 0.0250. The van der Waals surface area contributed by atoms with Crippen LogP contribution in [0.25, 0.3) is 0 Å². The molecule has 0 aromatic rings. The van der Waals surface area contributed by atoms with E-state index in [0.29, 0.717) is 0 Å². The van der Waals surface area contributed by atoms with Crippen LogP contribution >= 0.6 is 7.80 Å². The SMILES string of the molecule is CCCCCCCCCCCCCCCCC=C[PH](=O)C(O)C(O)CO. The van der Waals surface area contributed by atoms with Crippen LogP contribution in [0.5, 0.6) is 0 Å². The molecule has 3 atom stereocenters. The molecular weight excluding hydrogens is 347 g/mol. The minimum atomic E-state index is -2.38. The quantitative estimate of drug-likeness (QED) is 0.198. The molecule has 0 aromatic heterocycles. The maximum Gasteiger partial charge on any atom is 0.136 e. The molecule has 0 fully saturated rings. The zero-order chi connectivity index (χ0) is 19.5. The van der Waals surface area contributed by atoms with Crippen molar-refractivity contribution in [1.29, 1.82) is 0 Å². The van der Waals surface area contributed by atoms with Gasteiger partial charge in [-0.1, -0.05) is 96.5 Å². The van der Waals surface area contributed by atoms with Crippen molar-refractivity contribution in [3.63, 3.8) is 0 Å². The molecule has 0 saturated carbocycles. The average Bonchev–Trinajstić information content (AvgIpc) is 2.66. The van der Waals surface area contributed by atoms with Crippen LogP contribution in [-0.4, -0.2) is 33.9 Å². The van der Waals surface area contributed by atoms with E-state index in [0.717, 1.165) is 12.8 Å². The van der Waals surface area contributed by atoms with E-state index in [1.165, 1.54) is 89.3 Å². The highest BCUT2D eigenvalue weighted by Crippen LogP contribution is 2.30. The summed E-state index contributed by atoms with van der Waals surface area (Å²) in [5.74, 6) is 0.161. The summed E-state index contributed by atoms with van der Waals surface area (Å²) in [6.07, 6.45) is 20.0. The highest BCUT2D eigenvalue weighted by Gasteiger charge is 2.19. The van der Waals surface area contributed by atoms with E-state index in [1.54, 1.807) is 0 Å². The standard InChI is InChI=1S/C21H43O4P/c1-2-3-4-5-6-7-8-9-10-11-12-13-14-15-16-17-18-26(25)21(24)20(23)19-22/h17-18,20-24,26H,2-16,19H2,1H3. The predicted octanol–water partition coefficient (Wildman–Crippen LogP) is 5.60. The third kappa shape index (κ3) is 16.1. The summed E-state index contributed by atoms with van der Waals surface area (Å²) in [5, 5.41) is 27.4. The number of aliphatic hydroxyl groups is 3. The molecule has 4 nitrogen and oxygen atoms in total. The topological polar surface area (TPSA) is 77.8 Å². The molecule has 3 unspecified atom stereocenters. The predicted molar refractivity (Wildman–Crippen MR) is 112 cm³/mol. The van der Waals surface area contributed by atoms with Crippen molar-refractivity contribution in [1.82, 2.24) is 0 Å². The lowest BCUT2D eigenvalue weighted by Gasteiger charge is -2.12. The lowest BCUT2D eigenvalue weighted by atomic mass is 10.0. The van der Waals surface area contributed by atoms with Crippen LogP contribution in [0, 0.1) is 0 Å². The van der Waals surface area contributed by atoms with E-state index < -0.39 is 26.4 Å². The molecule has 0 aliphatic rings. The Hall–Kier alpha value is -0.150. The van der Waals surface area contributed by atoms with Crippen molar-refractivity contribution >= 4 is 7.80 Å². The Kier molecular flexibility index (Phi) is 19.5. The maximum atomic E-state index is 11.7. The molecule has 0 spiro atoms. The molecule has 5 heteroatoms. The number of unbranched alkanes of at least 4 members (excludes halogenated alkanes) is 14. The van der Waals surface area contributed by atoms with Gasteiger partial charge < -0.3 is 19.9 Å². The van der Waals surface area contributed by atoms with Gasteiger partial charge in [-0.25, -0.2) is 0 Å². The Balaban J connectivity index is 3.31. The minimum Gasteiger partial charge on any atom is -0.394 e. The molecular formula is C21H43O4P. The molecule has 0 aromatic carbocycles. The van der Waals surface area contributed by atoms with Gasteiger partial charge in [-0.05, 0) is 18.7 Å². The first-order valence-electron chi connectivity index (χ1n) is 10.8. The Bertz CT molecular complexity index is 347. The molecule has 26 heavy (non-hydrogen) atoms. The molecule has 3 N–H and O–H groups in total. The van der Waals surface area contributed by atoms with Crippen LogP contribution in [0.4, 0.5) is 0 Å². The Labute approximate surface area is 161 Å². The lowest BCUT2D eigenvalue weighted by Crippen LogP contribution is -2.25. The third-order valence-electron chi connectivity index (χ3n) is 4.85. The van der Waals surface area contributed by atoms with Crippen molar-refractivity contribution in [2.45, 2.75) is 115 Å². The van der Waals surface area contributed by atoms with Crippen LogP contribution in [0.1, 0.15) is 103 Å². The average molecular weight is 391 g/mol. The van der Waals surface area contributed by atoms with Crippen molar-refractivity contribution in [2.24, 2.45) is 0 Å². The highest BCUT2D eigenvalue weighted by molar-refractivity contribution is 7.48. The molecule has 0 aliphatic carbocycles. The largest absolute Gasteiger partial charge is 0.394 e. The summed E-state index contributed by atoms with van der Waals surface area (Å²) in [6.45, 7) is 1.70. The fourth-order valence-corrected chi connectivity index (χ4v) is 4.13. The van der Waals surface area contributed by atoms with E-state index >= 15 is 0 Å². The molecule has 0 saturated heterocycles. The Morgan fingerprint density at radius 3 is 1.62 bits per heavy atom. The van der Waals surface area contributed by atoms with E-state index in [4.69, 9.17) is 5.11 Å². The van der Waals surface area contributed by atoms with Gasteiger partial charge in [-0.15, -0.1) is 0 Å². The van der Waals surface area contributed by atoms with Gasteiger partial charge >= 0.3 is 0 Å². The van der Waals surface area contributed by atoms with Crippen molar-refractivity contribution in [2.75, 3.05) is 6.61 Å². The van der Waals surface area contributed by atoms with Crippen LogP contribution in [-0.2, 0) is 4.57 Å². The first kappa shape index (κ1) is 25.9. The highest BCUT2D eigenvalue weighted by atomic mass is 31.1. The van der Waals surface area contributed by atoms with Gasteiger partial charge in [0, 0.05) is 0 Å². The second-order valence-electron chi connectivity index (χ2n) is 7.38. The normalized spacial score (nSPS) is 15.4. The fraction of sp³-hybridized carbons (Fsp3) is 0.905. The van der Waals surface area contributed by atoms with Crippen molar-refractivity contribution < 1.29 is 19.9 Å². The zero-order valence-corrected chi connectivity index (χ0v) is 17.9. The molecule has 156 valence electrons.